The minimum absolute atomic E-state index is 0.0307. The standard InChI is InChI=1S/C17H20N2O3S/c1-21-13-4-3-5-14(22-2)15(13)17(20)19-9-6-12(7-10-19)16-18-8-11-23-16/h3-5,8,11-12H,6-7,9-10H2,1-2H3. The summed E-state index contributed by atoms with van der Waals surface area (Å²) >= 11 is 1.69. The van der Waals surface area contributed by atoms with Crippen LogP contribution in [-0.4, -0.2) is 43.1 Å². The van der Waals surface area contributed by atoms with Crippen molar-refractivity contribution in [3.8, 4) is 11.5 Å². The molecule has 1 amide bonds. The van der Waals surface area contributed by atoms with E-state index in [-0.39, 0.29) is 5.91 Å². The van der Waals surface area contributed by atoms with Crippen LogP contribution in [0.4, 0.5) is 0 Å². The number of methoxy groups -OCH3 is 2. The summed E-state index contributed by atoms with van der Waals surface area (Å²) in [5.41, 5.74) is 0.505. The van der Waals surface area contributed by atoms with Crippen molar-refractivity contribution in [1.29, 1.82) is 0 Å². The van der Waals surface area contributed by atoms with Crippen molar-refractivity contribution in [1.82, 2.24) is 9.88 Å². The van der Waals surface area contributed by atoms with Crippen LogP contribution < -0.4 is 9.47 Å². The number of amides is 1. The van der Waals surface area contributed by atoms with Crippen LogP contribution in [0.25, 0.3) is 0 Å². The van der Waals surface area contributed by atoms with Crippen LogP contribution in [-0.2, 0) is 0 Å². The summed E-state index contributed by atoms with van der Waals surface area (Å²) in [5.74, 6) is 1.53. The number of benzene rings is 1. The Morgan fingerprint density at radius 3 is 2.39 bits per heavy atom. The van der Waals surface area contributed by atoms with Gasteiger partial charge in [-0.05, 0) is 25.0 Å². The summed E-state index contributed by atoms with van der Waals surface area (Å²) in [6.07, 6.45) is 3.73. The van der Waals surface area contributed by atoms with E-state index in [1.54, 1.807) is 37.7 Å². The van der Waals surface area contributed by atoms with E-state index in [1.165, 1.54) is 5.01 Å². The van der Waals surface area contributed by atoms with Gasteiger partial charge >= 0.3 is 0 Å². The van der Waals surface area contributed by atoms with Crippen LogP contribution in [0.15, 0.2) is 29.8 Å². The van der Waals surface area contributed by atoms with Crippen molar-refractivity contribution in [2.24, 2.45) is 0 Å². The Morgan fingerprint density at radius 2 is 1.87 bits per heavy atom. The lowest BCUT2D eigenvalue weighted by atomic mass is 9.97. The van der Waals surface area contributed by atoms with Gasteiger partial charge in [-0.1, -0.05) is 6.07 Å². The molecule has 1 saturated heterocycles. The molecule has 0 aliphatic carbocycles. The molecule has 5 nitrogen and oxygen atoms in total. The predicted molar refractivity (Wildman–Crippen MR) is 89.5 cm³/mol. The van der Waals surface area contributed by atoms with Gasteiger partial charge in [-0.3, -0.25) is 4.79 Å². The molecule has 1 aliphatic heterocycles. The van der Waals surface area contributed by atoms with Crippen LogP contribution in [0.2, 0.25) is 0 Å². The lowest BCUT2D eigenvalue weighted by molar-refractivity contribution is 0.0706. The molecule has 0 N–H and O–H groups in total. The Balaban J connectivity index is 1.75. The number of nitrogens with zero attached hydrogens (tertiary/aromatic N) is 2. The molecule has 1 aliphatic rings. The molecule has 0 spiro atoms. The molecule has 1 aromatic heterocycles. The van der Waals surface area contributed by atoms with Gasteiger partial charge in [0, 0.05) is 30.6 Å². The molecule has 6 heteroatoms. The highest BCUT2D eigenvalue weighted by Gasteiger charge is 2.29. The Morgan fingerprint density at radius 1 is 1.22 bits per heavy atom. The Labute approximate surface area is 139 Å². The number of aromatic nitrogens is 1. The maximum Gasteiger partial charge on any atom is 0.261 e. The first-order chi connectivity index (χ1) is 11.2. The van der Waals surface area contributed by atoms with Crippen molar-refractivity contribution < 1.29 is 14.3 Å². The zero-order valence-corrected chi connectivity index (χ0v) is 14.1. The van der Waals surface area contributed by atoms with Gasteiger partial charge < -0.3 is 14.4 Å². The fraction of sp³-hybridized carbons (Fsp3) is 0.412. The first-order valence-corrected chi connectivity index (χ1v) is 8.52. The first-order valence-electron chi connectivity index (χ1n) is 7.64. The molecular weight excluding hydrogens is 312 g/mol. The van der Waals surface area contributed by atoms with Gasteiger partial charge in [0.15, 0.2) is 0 Å². The number of hydrogen-bond donors (Lipinski definition) is 0. The summed E-state index contributed by atoms with van der Waals surface area (Å²) in [4.78, 5) is 19.2. The van der Waals surface area contributed by atoms with Crippen LogP contribution in [0.3, 0.4) is 0 Å². The number of rotatable bonds is 4. The van der Waals surface area contributed by atoms with Gasteiger partial charge in [-0.2, -0.15) is 0 Å². The smallest absolute Gasteiger partial charge is 0.261 e. The van der Waals surface area contributed by atoms with Gasteiger partial charge in [0.25, 0.3) is 5.91 Å². The second kappa shape index (κ2) is 7.00. The molecule has 1 fully saturated rings. The van der Waals surface area contributed by atoms with Crippen molar-refractivity contribution in [2.75, 3.05) is 27.3 Å². The number of ether oxygens (including phenoxy) is 2. The van der Waals surface area contributed by atoms with Gasteiger partial charge in [-0.25, -0.2) is 4.98 Å². The van der Waals surface area contributed by atoms with Crippen LogP contribution >= 0.6 is 11.3 Å². The average molecular weight is 332 g/mol. The summed E-state index contributed by atoms with van der Waals surface area (Å²) in [6.45, 7) is 1.45. The van der Waals surface area contributed by atoms with Crippen molar-refractivity contribution in [3.63, 3.8) is 0 Å². The maximum absolute atomic E-state index is 12.9. The Bertz CT molecular complexity index is 642. The zero-order chi connectivity index (χ0) is 16.2. The van der Waals surface area contributed by atoms with E-state index in [1.807, 2.05) is 22.5 Å². The fourth-order valence-corrected chi connectivity index (χ4v) is 3.80. The highest BCUT2D eigenvalue weighted by Crippen LogP contribution is 2.33. The number of carbonyl (C=O) groups excluding carboxylic acids is 1. The Kier molecular flexibility index (Phi) is 4.81. The lowest BCUT2D eigenvalue weighted by Gasteiger charge is -2.31. The molecule has 23 heavy (non-hydrogen) atoms. The fourth-order valence-electron chi connectivity index (χ4n) is 2.99. The number of thiazole rings is 1. The molecule has 0 saturated carbocycles. The van der Waals surface area contributed by atoms with E-state index in [4.69, 9.17) is 9.47 Å². The first kappa shape index (κ1) is 15.8. The van der Waals surface area contributed by atoms with Crippen LogP contribution in [0, 0.1) is 0 Å². The van der Waals surface area contributed by atoms with E-state index in [9.17, 15) is 4.79 Å². The normalized spacial score (nSPS) is 15.5. The number of hydrogen-bond acceptors (Lipinski definition) is 5. The molecule has 0 bridgehead atoms. The second-order valence-electron chi connectivity index (χ2n) is 5.47. The molecule has 2 aromatic rings. The van der Waals surface area contributed by atoms with Gasteiger partial charge in [-0.15, -0.1) is 11.3 Å². The van der Waals surface area contributed by atoms with E-state index in [2.05, 4.69) is 4.98 Å². The van der Waals surface area contributed by atoms with Crippen molar-refractivity contribution in [3.05, 3.63) is 40.3 Å². The highest BCUT2D eigenvalue weighted by molar-refractivity contribution is 7.09. The maximum atomic E-state index is 12.9. The quantitative estimate of drug-likeness (QED) is 0.863. The Hall–Kier alpha value is -2.08. The molecule has 1 aromatic carbocycles. The topological polar surface area (TPSA) is 51.7 Å². The number of carbonyl (C=O) groups is 1. The lowest BCUT2D eigenvalue weighted by Crippen LogP contribution is -2.38. The highest BCUT2D eigenvalue weighted by atomic mass is 32.1. The summed E-state index contributed by atoms with van der Waals surface area (Å²) in [5, 5.41) is 3.18. The van der Waals surface area contributed by atoms with Gasteiger partial charge in [0.05, 0.1) is 19.2 Å². The third-order valence-corrected chi connectivity index (χ3v) is 5.16. The van der Waals surface area contributed by atoms with Crippen molar-refractivity contribution >= 4 is 17.2 Å². The number of likely N-dealkylation sites (tertiary alicyclic amines) is 1. The van der Waals surface area contributed by atoms with E-state index >= 15 is 0 Å². The third-order valence-electron chi connectivity index (χ3n) is 4.22. The molecular formula is C17H20N2O3S. The minimum Gasteiger partial charge on any atom is -0.496 e. The SMILES string of the molecule is COc1cccc(OC)c1C(=O)N1CCC(c2nccs2)CC1. The third kappa shape index (κ3) is 3.17. The van der Waals surface area contributed by atoms with E-state index < -0.39 is 0 Å². The van der Waals surface area contributed by atoms with E-state index in [0.29, 0.717) is 23.0 Å². The zero-order valence-electron chi connectivity index (χ0n) is 13.3. The molecule has 0 unspecified atom stereocenters. The average Bonchev–Trinajstić information content (AvgIpc) is 3.15. The molecule has 122 valence electrons. The molecule has 2 heterocycles. The predicted octanol–water partition coefficient (Wildman–Crippen LogP) is 3.18. The molecule has 0 atom stereocenters. The van der Waals surface area contributed by atoms with Crippen LogP contribution in [0.1, 0.15) is 34.1 Å². The second-order valence-corrected chi connectivity index (χ2v) is 6.40. The molecule has 3 rings (SSSR count). The summed E-state index contributed by atoms with van der Waals surface area (Å²) in [6, 6.07) is 5.40. The van der Waals surface area contributed by atoms with Gasteiger partial charge in [0.1, 0.15) is 17.1 Å². The molecule has 0 radical (unpaired) electrons. The largest absolute Gasteiger partial charge is 0.496 e. The monoisotopic (exact) mass is 332 g/mol. The summed E-state index contributed by atoms with van der Waals surface area (Å²) < 4.78 is 10.7. The van der Waals surface area contributed by atoms with Gasteiger partial charge in [0.2, 0.25) is 0 Å². The minimum atomic E-state index is -0.0307. The van der Waals surface area contributed by atoms with Crippen LogP contribution in [0.5, 0.6) is 11.5 Å². The van der Waals surface area contributed by atoms with E-state index in [0.717, 1.165) is 25.9 Å². The number of piperidine rings is 1. The summed E-state index contributed by atoms with van der Waals surface area (Å²) in [7, 11) is 3.14. The van der Waals surface area contributed by atoms with Crippen molar-refractivity contribution in [2.45, 2.75) is 18.8 Å².